The molecule has 0 saturated heterocycles. The molecular weight excluding hydrogens is 325 g/mol. The van der Waals surface area contributed by atoms with Crippen molar-refractivity contribution >= 4 is 11.9 Å². The van der Waals surface area contributed by atoms with Crippen LogP contribution in [0.5, 0.6) is 0 Å². The van der Waals surface area contributed by atoms with Crippen molar-refractivity contribution in [2.45, 2.75) is 32.0 Å². The second-order valence-electron chi connectivity index (χ2n) is 6.19. The summed E-state index contributed by atoms with van der Waals surface area (Å²) in [5.74, 6) is -0.0418. The summed E-state index contributed by atoms with van der Waals surface area (Å²) in [6.45, 7) is 0.770. The minimum atomic E-state index is -0.567. The van der Waals surface area contributed by atoms with Crippen LogP contribution in [0.3, 0.4) is 0 Å². The van der Waals surface area contributed by atoms with Gasteiger partial charge in [0.15, 0.2) is 6.54 Å². The average molecular weight is 346 g/mol. The highest BCUT2D eigenvalue weighted by molar-refractivity contribution is 5.94. The molecule has 3 N–H and O–H groups in total. The van der Waals surface area contributed by atoms with Crippen LogP contribution in [0, 0.1) is 5.82 Å². The van der Waals surface area contributed by atoms with Crippen LogP contribution >= 0.6 is 0 Å². The van der Waals surface area contributed by atoms with Crippen LogP contribution in [0.25, 0.3) is 0 Å². The molecular formula is C18H21FN3O3+. The molecule has 2 aromatic rings. The number of carbonyl (C=O) groups excluding carboxylic acids is 2. The number of furan rings is 1. The van der Waals surface area contributed by atoms with Crippen LogP contribution in [-0.4, -0.2) is 24.5 Å². The molecule has 6 nitrogen and oxygen atoms in total. The number of hydrogen-bond acceptors (Lipinski definition) is 3. The number of carbonyl (C=O) groups is 2. The van der Waals surface area contributed by atoms with E-state index in [2.05, 4.69) is 10.6 Å². The van der Waals surface area contributed by atoms with Gasteiger partial charge in [0, 0.05) is 18.4 Å². The Morgan fingerprint density at radius 1 is 1.20 bits per heavy atom. The Bertz CT molecular complexity index is 729. The number of rotatable bonds is 7. The van der Waals surface area contributed by atoms with E-state index in [0.717, 1.165) is 17.7 Å². The van der Waals surface area contributed by atoms with Gasteiger partial charge in [-0.3, -0.25) is 10.1 Å². The lowest BCUT2D eigenvalue weighted by Gasteiger charge is -2.19. The lowest BCUT2D eigenvalue weighted by molar-refractivity contribution is -0.917. The molecule has 0 bridgehead atoms. The van der Waals surface area contributed by atoms with Crippen molar-refractivity contribution < 1.29 is 23.3 Å². The maximum atomic E-state index is 13.8. The Morgan fingerprint density at radius 3 is 2.68 bits per heavy atom. The fourth-order valence-corrected chi connectivity index (χ4v) is 2.73. The SMILES string of the molecule is O=C(C[NH+](Cc1ccccc1F)C1CC1)NC(=O)NCc1ccco1. The van der Waals surface area contributed by atoms with Gasteiger partial charge >= 0.3 is 6.03 Å². The first-order valence-corrected chi connectivity index (χ1v) is 8.30. The summed E-state index contributed by atoms with van der Waals surface area (Å²) in [7, 11) is 0. The number of benzene rings is 1. The molecule has 1 aliphatic carbocycles. The lowest BCUT2D eigenvalue weighted by atomic mass is 10.2. The van der Waals surface area contributed by atoms with Crippen molar-refractivity contribution in [3.8, 4) is 0 Å². The van der Waals surface area contributed by atoms with E-state index < -0.39 is 6.03 Å². The first-order valence-electron chi connectivity index (χ1n) is 8.30. The molecule has 1 aromatic heterocycles. The predicted molar refractivity (Wildman–Crippen MR) is 88.0 cm³/mol. The third-order valence-electron chi connectivity index (χ3n) is 4.17. The van der Waals surface area contributed by atoms with Crippen LogP contribution in [0.4, 0.5) is 9.18 Å². The molecule has 0 spiro atoms. The molecule has 1 aromatic carbocycles. The molecule has 1 fully saturated rings. The van der Waals surface area contributed by atoms with Gasteiger partial charge in [0.2, 0.25) is 0 Å². The molecule has 132 valence electrons. The monoisotopic (exact) mass is 346 g/mol. The van der Waals surface area contributed by atoms with Gasteiger partial charge < -0.3 is 14.6 Å². The molecule has 25 heavy (non-hydrogen) atoms. The first kappa shape index (κ1) is 17.2. The highest BCUT2D eigenvalue weighted by Gasteiger charge is 2.35. The highest BCUT2D eigenvalue weighted by atomic mass is 19.1. The van der Waals surface area contributed by atoms with Gasteiger partial charge in [-0.25, -0.2) is 9.18 Å². The van der Waals surface area contributed by atoms with Crippen LogP contribution in [0.15, 0.2) is 47.1 Å². The Hall–Kier alpha value is -2.67. The zero-order valence-electron chi connectivity index (χ0n) is 13.8. The van der Waals surface area contributed by atoms with Gasteiger partial charge in [-0.15, -0.1) is 0 Å². The molecule has 0 radical (unpaired) electrons. The Kier molecular flexibility index (Phi) is 5.45. The molecule has 1 unspecified atom stereocenters. The molecule has 1 saturated carbocycles. The maximum Gasteiger partial charge on any atom is 0.321 e. The Morgan fingerprint density at radius 2 is 2.00 bits per heavy atom. The van der Waals surface area contributed by atoms with Crippen LogP contribution < -0.4 is 15.5 Å². The van der Waals surface area contributed by atoms with Gasteiger partial charge in [-0.2, -0.15) is 0 Å². The topological polar surface area (TPSA) is 75.8 Å². The van der Waals surface area contributed by atoms with E-state index in [-0.39, 0.29) is 24.8 Å². The number of imide groups is 1. The Balaban J connectivity index is 1.49. The first-order chi connectivity index (χ1) is 12.1. The number of quaternary nitrogens is 1. The van der Waals surface area contributed by atoms with Gasteiger partial charge in [0.05, 0.1) is 18.8 Å². The molecule has 0 aliphatic heterocycles. The summed E-state index contributed by atoms with van der Waals surface area (Å²) in [6, 6.07) is 9.80. The molecule has 3 amide bonds. The van der Waals surface area contributed by atoms with Crippen molar-refractivity contribution in [2.75, 3.05) is 6.54 Å². The summed E-state index contributed by atoms with van der Waals surface area (Å²) >= 11 is 0. The minimum absolute atomic E-state index is 0.132. The van der Waals surface area contributed by atoms with Gasteiger partial charge in [-0.05, 0) is 18.2 Å². The smallest absolute Gasteiger partial charge is 0.321 e. The normalized spacial score (nSPS) is 14.8. The van der Waals surface area contributed by atoms with E-state index >= 15 is 0 Å². The van der Waals surface area contributed by atoms with Crippen LogP contribution in [-0.2, 0) is 17.9 Å². The number of nitrogens with one attached hydrogen (secondary N) is 3. The average Bonchev–Trinajstić information content (AvgIpc) is 3.30. The summed E-state index contributed by atoms with van der Waals surface area (Å²) in [5, 5.41) is 4.87. The van der Waals surface area contributed by atoms with E-state index in [9.17, 15) is 14.0 Å². The molecule has 3 rings (SSSR count). The second kappa shape index (κ2) is 7.94. The third-order valence-corrected chi connectivity index (χ3v) is 4.17. The van der Waals surface area contributed by atoms with Crippen molar-refractivity contribution in [3.05, 3.63) is 59.8 Å². The van der Waals surface area contributed by atoms with Crippen molar-refractivity contribution in [1.29, 1.82) is 0 Å². The quantitative estimate of drug-likeness (QED) is 0.700. The molecule has 1 aliphatic rings. The van der Waals surface area contributed by atoms with Crippen LogP contribution in [0.2, 0.25) is 0 Å². The fraction of sp³-hybridized carbons (Fsp3) is 0.333. The molecule has 1 atom stereocenters. The van der Waals surface area contributed by atoms with Crippen LogP contribution in [0.1, 0.15) is 24.2 Å². The van der Waals surface area contributed by atoms with Gasteiger partial charge in [0.1, 0.15) is 18.1 Å². The fourth-order valence-electron chi connectivity index (χ4n) is 2.73. The molecule has 1 heterocycles. The number of urea groups is 1. The van der Waals surface area contributed by atoms with Gasteiger partial charge in [0.25, 0.3) is 5.91 Å². The predicted octanol–water partition coefficient (Wildman–Crippen LogP) is 0.992. The number of halogens is 1. The van der Waals surface area contributed by atoms with Crippen molar-refractivity contribution in [3.63, 3.8) is 0 Å². The maximum absolute atomic E-state index is 13.8. The summed E-state index contributed by atoms with van der Waals surface area (Å²) in [4.78, 5) is 24.9. The standard InChI is InChI=1S/C18H20FN3O3/c19-16-6-2-1-4-13(16)11-22(14-7-8-14)12-17(23)21-18(24)20-10-15-5-3-9-25-15/h1-6,9,14H,7-8,10-12H2,(H2,20,21,23,24)/p+1. The number of amides is 3. The summed E-state index contributed by atoms with van der Waals surface area (Å²) in [6.07, 6.45) is 3.54. The van der Waals surface area contributed by atoms with E-state index in [1.807, 2.05) is 0 Å². The van der Waals surface area contributed by atoms with E-state index in [0.29, 0.717) is 23.9 Å². The van der Waals surface area contributed by atoms with Crippen molar-refractivity contribution in [2.24, 2.45) is 0 Å². The summed E-state index contributed by atoms with van der Waals surface area (Å²) in [5.41, 5.74) is 0.583. The zero-order valence-corrected chi connectivity index (χ0v) is 13.8. The molecule has 7 heteroatoms. The minimum Gasteiger partial charge on any atom is -0.467 e. The summed E-state index contributed by atoms with van der Waals surface area (Å²) < 4.78 is 18.9. The lowest BCUT2D eigenvalue weighted by Crippen LogP contribution is -3.13. The van der Waals surface area contributed by atoms with E-state index in [4.69, 9.17) is 4.42 Å². The van der Waals surface area contributed by atoms with Crippen molar-refractivity contribution in [1.82, 2.24) is 10.6 Å². The largest absolute Gasteiger partial charge is 0.467 e. The third kappa shape index (κ3) is 5.15. The highest BCUT2D eigenvalue weighted by Crippen LogP contribution is 2.16. The van der Waals surface area contributed by atoms with E-state index in [1.165, 1.54) is 12.3 Å². The second-order valence-corrected chi connectivity index (χ2v) is 6.19. The number of hydrogen-bond donors (Lipinski definition) is 3. The Labute approximate surface area is 145 Å². The van der Waals surface area contributed by atoms with E-state index in [1.54, 1.807) is 30.3 Å². The van der Waals surface area contributed by atoms with Gasteiger partial charge in [-0.1, -0.05) is 18.2 Å². The zero-order chi connectivity index (χ0) is 17.6.